The summed E-state index contributed by atoms with van der Waals surface area (Å²) in [6, 6.07) is 14.6. The molecule has 0 spiro atoms. The third kappa shape index (κ3) is 4.60. The fraction of sp³-hybridized carbons (Fsp3) is 0.318. The number of fused-ring (bicyclic) bond motifs is 1. The van der Waals surface area contributed by atoms with Gasteiger partial charge in [-0.05, 0) is 43.2 Å². The zero-order chi connectivity index (χ0) is 20.9. The number of aryl methyl sites for hydroxylation is 1. The number of hydrogen-bond acceptors (Lipinski definition) is 4. The number of nitrogens with one attached hydrogen (secondary N) is 3. The van der Waals surface area contributed by atoms with Crippen LogP contribution < -0.4 is 16.0 Å². The lowest BCUT2D eigenvalue weighted by Crippen LogP contribution is -2.35. The Kier molecular flexibility index (Phi) is 5.94. The van der Waals surface area contributed by atoms with E-state index in [1.54, 1.807) is 0 Å². The Hall–Kier alpha value is -3.39. The van der Waals surface area contributed by atoms with Gasteiger partial charge in [0.2, 0.25) is 5.91 Å². The van der Waals surface area contributed by atoms with Gasteiger partial charge in [-0.15, -0.1) is 0 Å². The normalized spacial score (nSPS) is 15.8. The van der Waals surface area contributed by atoms with E-state index in [4.69, 9.17) is 4.74 Å². The van der Waals surface area contributed by atoms with E-state index in [-0.39, 0.29) is 18.0 Å². The maximum atomic E-state index is 12.2. The molecule has 0 bridgehead atoms. The van der Waals surface area contributed by atoms with Crippen LogP contribution in [0.4, 0.5) is 16.2 Å². The molecule has 2 heterocycles. The number of amides is 3. The molecule has 0 aliphatic carbocycles. The molecular weight excluding hydrogens is 382 g/mol. The molecule has 1 atom stereocenters. The number of aromatic nitrogens is 2. The summed E-state index contributed by atoms with van der Waals surface area (Å²) in [5.41, 5.74) is 3.13. The van der Waals surface area contributed by atoms with Gasteiger partial charge >= 0.3 is 6.03 Å². The number of urea groups is 1. The van der Waals surface area contributed by atoms with E-state index in [2.05, 4.69) is 20.9 Å². The number of imidazole rings is 1. The molecule has 3 amide bonds. The highest BCUT2D eigenvalue weighted by Crippen LogP contribution is 2.20. The lowest BCUT2D eigenvalue weighted by molar-refractivity contribution is -0.130. The molecule has 1 fully saturated rings. The summed E-state index contributed by atoms with van der Waals surface area (Å²) < 4.78 is 7.40. The number of rotatable bonds is 6. The Morgan fingerprint density at radius 2 is 1.93 bits per heavy atom. The Morgan fingerprint density at radius 1 is 1.13 bits per heavy atom. The molecule has 8 heteroatoms. The fourth-order valence-electron chi connectivity index (χ4n) is 3.56. The van der Waals surface area contributed by atoms with Crippen molar-refractivity contribution in [3.8, 4) is 0 Å². The Labute approximate surface area is 174 Å². The lowest BCUT2D eigenvalue weighted by atomic mass is 10.2. The maximum absolute atomic E-state index is 12.2. The number of para-hydroxylation sites is 1. The molecule has 156 valence electrons. The molecule has 1 aromatic heterocycles. The fourth-order valence-corrected chi connectivity index (χ4v) is 3.56. The zero-order valence-electron chi connectivity index (χ0n) is 16.9. The van der Waals surface area contributed by atoms with Gasteiger partial charge in [0.1, 0.15) is 11.9 Å². The van der Waals surface area contributed by atoms with E-state index in [1.165, 1.54) is 0 Å². The van der Waals surface area contributed by atoms with Gasteiger partial charge in [0.05, 0.1) is 11.0 Å². The number of hydrogen-bond donors (Lipinski definition) is 3. The van der Waals surface area contributed by atoms with Crippen LogP contribution in [0, 0.1) is 0 Å². The minimum atomic E-state index is -0.318. The summed E-state index contributed by atoms with van der Waals surface area (Å²) in [4.78, 5) is 28.9. The first kappa shape index (κ1) is 19.9. The molecular formula is C22H25N5O3. The van der Waals surface area contributed by atoms with E-state index in [1.807, 2.05) is 60.1 Å². The molecule has 0 radical (unpaired) electrons. The number of benzene rings is 2. The average molecular weight is 407 g/mol. The van der Waals surface area contributed by atoms with E-state index in [0.29, 0.717) is 25.3 Å². The summed E-state index contributed by atoms with van der Waals surface area (Å²) in [6.45, 7) is 1.16. The Balaban J connectivity index is 1.37. The zero-order valence-corrected chi connectivity index (χ0v) is 16.9. The summed E-state index contributed by atoms with van der Waals surface area (Å²) in [5, 5.41) is 8.54. The van der Waals surface area contributed by atoms with E-state index in [0.717, 1.165) is 35.4 Å². The van der Waals surface area contributed by atoms with Gasteiger partial charge < -0.3 is 25.3 Å². The molecule has 30 heavy (non-hydrogen) atoms. The number of ether oxygens (including phenoxy) is 1. The summed E-state index contributed by atoms with van der Waals surface area (Å²) in [7, 11) is 1.95. The summed E-state index contributed by atoms with van der Waals surface area (Å²) in [6.07, 6.45) is 2.01. The van der Waals surface area contributed by atoms with Crippen molar-refractivity contribution in [3.63, 3.8) is 0 Å². The third-order valence-electron chi connectivity index (χ3n) is 5.13. The standard InChI is InChI=1S/C22H25N5O3/c1-27-18-10-9-16(25-22(29)24-15-6-3-2-4-7-15)14-17(18)26-20(27)11-12-23-21(28)19-8-5-13-30-19/h2-4,6-7,9-10,14,19H,5,8,11-13H2,1H3,(H,23,28)(H2,24,25,29). The second kappa shape index (κ2) is 8.96. The van der Waals surface area contributed by atoms with Crippen LogP contribution in [0.1, 0.15) is 18.7 Å². The predicted octanol–water partition coefficient (Wildman–Crippen LogP) is 3.06. The highest BCUT2D eigenvalue weighted by molar-refractivity contribution is 6.00. The maximum Gasteiger partial charge on any atom is 0.323 e. The largest absolute Gasteiger partial charge is 0.368 e. The third-order valence-corrected chi connectivity index (χ3v) is 5.13. The minimum Gasteiger partial charge on any atom is -0.368 e. The van der Waals surface area contributed by atoms with Gasteiger partial charge in [-0.1, -0.05) is 18.2 Å². The molecule has 4 rings (SSSR count). The smallest absolute Gasteiger partial charge is 0.323 e. The second-order valence-corrected chi connectivity index (χ2v) is 7.28. The second-order valence-electron chi connectivity index (χ2n) is 7.28. The van der Waals surface area contributed by atoms with Gasteiger partial charge in [-0.2, -0.15) is 0 Å². The molecule has 1 saturated heterocycles. The quantitative estimate of drug-likeness (QED) is 0.585. The van der Waals surface area contributed by atoms with Gasteiger partial charge in [-0.25, -0.2) is 9.78 Å². The number of nitrogens with zero attached hydrogens (tertiary/aromatic N) is 2. The number of carbonyl (C=O) groups is 2. The van der Waals surface area contributed by atoms with E-state index in [9.17, 15) is 9.59 Å². The molecule has 3 aromatic rings. The van der Waals surface area contributed by atoms with Gasteiger partial charge in [-0.3, -0.25) is 4.79 Å². The molecule has 0 saturated carbocycles. The predicted molar refractivity (Wildman–Crippen MR) is 115 cm³/mol. The molecule has 1 aliphatic heterocycles. The van der Waals surface area contributed by atoms with Crippen LogP contribution in [0.5, 0.6) is 0 Å². The van der Waals surface area contributed by atoms with Gasteiger partial charge in [0, 0.05) is 38.0 Å². The van der Waals surface area contributed by atoms with Crippen LogP contribution >= 0.6 is 0 Å². The first-order valence-electron chi connectivity index (χ1n) is 10.1. The van der Waals surface area contributed by atoms with Crippen molar-refractivity contribution in [2.75, 3.05) is 23.8 Å². The van der Waals surface area contributed by atoms with Crippen molar-refractivity contribution in [1.29, 1.82) is 0 Å². The van der Waals surface area contributed by atoms with Crippen LogP contribution in [0.15, 0.2) is 48.5 Å². The molecule has 1 aliphatic rings. The highest BCUT2D eigenvalue weighted by atomic mass is 16.5. The molecule has 1 unspecified atom stereocenters. The lowest BCUT2D eigenvalue weighted by Gasteiger charge is -2.10. The average Bonchev–Trinajstić information content (AvgIpc) is 3.37. The van der Waals surface area contributed by atoms with Crippen molar-refractivity contribution in [2.24, 2.45) is 7.05 Å². The highest BCUT2D eigenvalue weighted by Gasteiger charge is 2.23. The molecule has 2 aromatic carbocycles. The van der Waals surface area contributed by atoms with Crippen LogP contribution in [0.3, 0.4) is 0 Å². The van der Waals surface area contributed by atoms with Crippen molar-refractivity contribution in [1.82, 2.24) is 14.9 Å². The van der Waals surface area contributed by atoms with Crippen LogP contribution in [-0.2, 0) is 23.0 Å². The van der Waals surface area contributed by atoms with Gasteiger partial charge in [0.25, 0.3) is 0 Å². The van der Waals surface area contributed by atoms with Crippen LogP contribution in [-0.4, -0.2) is 40.7 Å². The first-order chi connectivity index (χ1) is 14.6. The number of anilines is 2. The van der Waals surface area contributed by atoms with Gasteiger partial charge in [0.15, 0.2) is 0 Å². The van der Waals surface area contributed by atoms with Crippen molar-refractivity contribution in [2.45, 2.75) is 25.4 Å². The summed E-state index contributed by atoms with van der Waals surface area (Å²) in [5.74, 6) is 0.811. The number of carbonyl (C=O) groups excluding carboxylic acids is 2. The van der Waals surface area contributed by atoms with E-state index >= 15 is 0 Å². The van der Waals surface area contributed by atoms with Crippen molar-refractivity contribution >= 4 is 34.3 Å². The molecule has 3 N–H and O–H groups in total. The van der Waals surface area contributed by atoms with E-state index < -0.39 is 0 Å². The van der Waals surface area contributed by atoms with Crippen LogP contribution in [0.25, 0.3) is 11.0 Å². The van der Waals surface area contributed by atoms with Crippen LogP contribution in [0.2, 0.25) is 0 Å². The topological polar surface area (TPSA) is 97.3 Å². The van der Waals surface area contributed by atoms with Crippen molar-refractivity contribution in [3.05, 3.63) is 54.4 Å². The summed E-state index contributed by atoms with van der Waals surface area (Å²) >= 11 is 0. The monoisotopic (exact) mass is 407 g/mol. The SMILES string of the molecule is Cn1c(CCNC(=O)C2CCCO2)nc2cc(NC(=O)Nc3ccccc3)ccc21. The Bertz CT molecular complexity index is 1040. The first-order valence-corrected chi connectivity index (χ1v) is 10.1. The van der Waals surface area contributed by atoms with Crippen molar-refractivity contribution < 1.29 is 14.3 Å². The minimum absolute atomic E-state index is 0.0535. The Morgan fingerprint density at radius 3 is 2.70 bits per heavy atom. The molecule has 8 nitrogen and oxygen atoms in total.